The lowest BCUT2D eigenvalue weighted by atomic mass is 9.96. The average molecular weight is 236 g/mol. The Labute approximate surface area is 102 Å². The maximum Gasteiger partial charge on any atom is 0.239 e. The molecule has 1 atom stereocenters. The van der Waals surface area contributed by atoms with Crippen LogP contribution in [0.15, 0.2) is 18.5 Å². The zero-order chi connectivity index (χ0) is 12.3. The van der Waals surface area contributed by atoms with E-state index in [-0.39, 0.29) is 11.9 Å². The molecule has 17 heavy (non-hydrogen) atoms. The van der Waals surface area contributed by atoms with E-state index in [0.29, 0.717) is 5.92 Å². The van der Waals surface area contributed by atoms with Crippen molar-refractivity contribution < 1.29 is 4.79 Å². The van der Waals surface area contributed by atoms with Gasteiger partial charge in [-0.05, 0) is 31.7 Å². The number of hydrogen-bond acceptors (Lipinski definition) is 3. The highest BCUT2D eigenvalue weighted by Crippen LogP contribution is 2.19. The van der Waals surface area contributed by atoms with Gasteiger partial charge in [0.25, 0.3) is 0 Å². The molecule has 0 bridgehead atoms. The normalized spacial score (nSPS) is 19.3. The van der Waals surface area contributed by atoms with E-state index in [1.807, 2.05) is 21.8 Å². The van der Waals surface area contributed by atoms with E-state index < -0.39 is 0 Å². The Morgan fingerprint density at radius 2 is 2.24 bits per heavy atom. The van der Waals surface area contributed by atoms with Crippen LogP contribution in [-0.4, -0.2) is 39.7 Å². The van der Waals surface area contributed by atoms with E-state index in [2.05, 4.69) is 5.10 Å². The number of nitrogens with two attached hydrogens (primary N) is 1. The van der Waals surface area contributed by atoms with Crippen molar-refractivity contribution >= 4 is 5.91 Å². The SMILES string of the molecule is CC(N)C(=O)N1CCC(Cn2cccn2)CC1. The molecule has 0 aliphatic carbocycles. The summed E-state index contributed by atoms with van der Waals surface area (Å²) in [6.07, 6.45) is 5.87. The van der Waals surface area contributed by atoms with Gasteiger partial charge >= 0.3 is 0 Å². The Kier molecular flexibility index (Phi) is 3.78. The molecule has 0 spiro atoms. The first kappa shape index (κ1) is 12.1. The monoisotopic (exact) mass is 236 g/mol. The Balaban J connectivity index is 1.80. The molecule has 1 unspecified atom stereocenters. The zero-order valence-electron chi connectivity index (χ0n) is 10.2. The van der Waals surface area contributed by atoms with Crippen molar-refractivity contribution in [2.45, 2.75) is 32.4 Å². The van der Waals surface area contributed by atoms with Crippen molar-refractivity contribution in [3.63, 3.8) is 0 Å². The maximum atomic E-state index is 11.7. The van der Waals surface area contributed by atoms with Gasteiger partial charge in [-0.25, -0.2) is 0 Å². The summed E-state index contributed by atoms with van der Waals surface area (Å²) < 4.78 is 1.97. The van der Waals surface area contributed by atoms with Gasteiger partial charge in [-0.3, -0.25) is 9.48 Å². The summed E-state index contributed by atoms with van der Waals surface area (Å²) in [5, 5.41) is 4.21. The molecule has 1 saturated heterocycles. The minimum Gasteiger partial charge on any atom is -0.341 e. The molecule has 5 heteroatoms. The summed E-state index contributed by atoms with van der Waals surface area (Å²) in [6.45, 7) is 4.35. The fourth-order valence-corrected chi connectivity index (χ4v) is 2.30. The third-order valence-electron chi connectivity index (χ3n) is 3.32. The molecule has 1 amide bonds. The van der Waals surface area contributed by atoms with Crippen LogP contribution in [0.5, 0.6) is 0 Å². The number of aromatic nitrogens is 2. The molecule has 94 valence electrons. The number of carbonyl (C=O) groups is 1. The van der Waals surface area contributed by atoms with E-state index in [1.165, 1.54) is 0 Å². The fourth-order valence-electron chi connectivity index (χ4n) is 2.30. The van der Waals surface area contributed by atoms with Crippen LogP contribution in [-0.2, 0) is 11.3 Å². The highest BCUT2D eigenvalue weighted by molar-refractivity contribution is 5.81. The zero-order valence-corrected chi connectivity index (χ0v) is 10.2. The molecular formula is C12H20N4O. The predicted octanol–water partition coefficient (Wildman–Crippen LogP) is 0.469. The minimum absolute atomic E-state index is 0.0718. The second-order valence-corrected chi connectivity index (χ2v) is 4.79. The summed E-state index contributed by atoms with van der Waals surface area (Å²) in [5.74, 6) is 0.689. The van der Waals surface area contributed by atoms with Crippen LogP contribution in [0, 0.1) is 5.92 Å². The molecule has 1 aromatic heterocycles. The fraction of sp³-hybridized carbons (Fsp3) is 0.667. The van der Waals surface area contributed by atoms with Crippen molar-refractivity contribution in [1.82, 2.24) is 14.7 Å². The number of nitrogens with zero attached hydrogens (tertiary/aromatic N) is 3. The smallest absolute Gasteiger partial charge is 0.239 e. The maximum absolute atomic E-state index is 11.7. The summed E-state index contributed by atoms with van der Waals surface area (Å²) >= 11 is 0. The molecule has 1 fully saturated rings. The molecule has 2 N–H and O–H groups in total. The summed E-state index contributed by atoms with van der Waals surface area (Å²) in [4.78, 5) is 13.6. The number of likely N-dealkylation sites (tertiary alicyclic amines) is 1. The first-order valence-electron chi connectivity index (χ1n) is 6.18. The van der Waals surface area contributed by atoms with Crippen molar-refractivity contribution in [3.05, 3.63) is 18.5 Å². The Hall–Kier alpha value is -1.36. The van der Waals surface area contributed by atoms with Gasteiger partial charge in [0.15, 0.2) is 0 Å². The van der Waals surface area contributed by atoms with Crippen molar-refractivity contribution in [2.24, 2.45) is 11.7 Å². The molecular weight excluding hydrogens is 216 g/mol. The minimum atomic E-state index is -0.377. The Morgan fingerprint density at radius 3 is 2.76 bits per heavy atom. The van der Waals surface area contributed by atoms with E-state index in [9.17, 15) is 4.79 Å². The standard InChI is InChI=1S/C12H20N4O/c1-10(13)12(17)15-7-3-11(4-8-15)9-16-6-2-5-14-16/h2,5-6,10-11H,3-4,7-9,13H2,1H3. The average Bonchev–Trinajstić information content (AvgIpc) is 2.82. The molecule has 1 aliphatic rings. The predicted molar refractivity (Wildman–Crippen MR) is 65.2 cm³/mol. The van der Waals surface area contributed by atoms with Gasteiger partial charge in [0, 0.05) is 32.0 Å². The Bertz CT molecular complexity index is 353. The van der Waals surface area contributed by atoms with E-state index in [4.69, 9.17) is 5.73 Å². The van der Waals surface area contributed by atoms with Gasteiger partial charge in [-0.1, -0.05) is 0 Å². The number of rotatable bonds is 3. The summed E-state index contributed by atoms with van der Waals surface area (Å²) in [5.41, 5.74) is 5.61. The van der Waals surface area contributed by atoms with Crippen molar-refractivity contribution in [1.29, 1.82) is 0 Å². The molecule has 1 aromatic rings. The van der Waals surface area contributed by atoms with Gasteiger partial charge in [0.2, 0.25) is 5.91 Å². The molecule has 2 rings (SSSR count). The quantitative estimate of drug-likeness (QED) is 0.829. The number of carbonyl (C=O) groups excluding carboxylic acids is 1. The van der Waals surface area contributed by atoms with Gasteiger partial charge in [-0.15, -0.1) is 0 Å². The van der Waals surface area contributed by atoms with Crippen LogP contribution in [0.25, 0.3) is 0 Å². The summed E-state index contributed by atoms with van der Waals surface area (Å²) in [7, 11) is 0. The van der Waals surface area contributed by atoms with Gasteiger partial charge < -0.3 is 10.6 Å². The Morgan fingerprint density at radius 1 is 1.53 bits per heavy atom. The van der Waals surface area contributed by atoms with Crippen molar-refractivity contribution in [2.75, 3.05) is 13.1 Å². The number of piperidine rings is 1. The van der Waals surface area contributed by atoms with E-state index >= 15 is 0 Å². The van der Waals surface area contributed by atoms with Crippen molar-refractivity contribution in [3.8, 4) is 0 Å². The van der Waals surface area contributed by atoms with Gasteiger partial charge in [0.05, 0.1) is 6.04 Å². The first-order valence-corrected chi connectivity index (χ1v) is 6.18. The lowest BCUT2D eigenvalue weighted by molar-refractivity contribution is -0.133. The van der Waals surface area contributed by atoms with E-state index in [0.717, 1.165) is 32.5 Å². The molecule has 2 heterocycles. The van der Waals surface area contributed by atoms with Crippen LogP contribution in [0.3, 0.4) is 0 Å². The highest BCUT2D eigenvalue weighted by atomic mass is 16.2. The van der Waals surface area contributed by atoms with Crippen LogP contribution >= 0.6 is 0 Å². The van der Waals surface area contributed by atoms with Gasteiger partial charge in [0.1, 0.15) is 0 Å². The molecule has 5 nitrogen and oxygen atoms in total. The van der Waals surface area contributed by atoms with Crippen LogP contribution in [0.2, 0.25) is 0 Å². The molecule has 0 radical (unpaired) electrons. The van der Waals surface area contributed by atoms with E-state index in [1.54, 1.807) is 13.1 Å². The lowest BCUT2D eigenvalue weighted by Gasteiger charge is -2.32. The lowest BCUT2D eigenvalue weighted by Crippen LogP contribution is -2.46. The molecule has 0 saturated carbocycles. The topological polar surface area (TPSA) is 64.2 Å². The second kappa shape index (κ2) is 5.31. The molecule has 1 aliphatic heterocycles. The third kappa shape index (κ3) is 3.06. The second-order valence-electron chi connectivity index (χ2n) is 4.79. The number of amides is 1. The van der Waals surface area contributed by atoms with Crippen LogP contribution < -0.4 is 5.73 Å². The largest absolute Gasteiger partial charge is 0.341 e. The van der Waals surface area contributed by atoms with Gasteiger partial charge in [-0.2, -0.15) is 5.10 Å². The molecule has 0 aromatic carbocycles. The third-order valence-corrected chi connectivity index (χ3v) is 3.32. The first-order chi connectivity index (χ1) is 8.16. The van der Waals surface area contributed by atoms with Crippen LogP contribution in [0.1, 0.15) is 19.8 Å². The highest BCUT2D eigenvalue weighted by Gasteiger charge is 2.24. The number of hydrogen-bond donors (Lipinski definition) is 1. The summed E-state index contributed by atoms with van der Waals surface area (Å²) in [6, 6.07) is 1.56. The van der Waals surface area contributed by atoms with Crippen LogP contribution in [0.4, 0.5) is 0 Å².